The van der Waals surface area contributed by atoms with Crippen LogP contribution < -0.4 is 5.56 Å². The smallest absolute Gasteiger partial charge is 0.262 e. The van der Waals surface area contributed by atoms with Crippen LogP contribution in [-0.4, -0.2) is 39.4 Å². The number of ketones is 1. The predicted octanol–water partition coefficient (Wildman–Crippen LogP) is 0.509. The molecule has 1 fully saturated rings. The average molecular weight is 304 g/mol. The van der Waals surface area contributed by atoms with Gasteiger partial charge in [-0.3, -0.25) is 14.4 Å². The van der Waals surface area contributed by atoms with Crippen LogP contribution in [0.1, 0.15) is 47.8 Å². The number of hydrogen-bond acceptors (Lipinski definition) is 4. The van der Waals surface area contributed by atoms with E-state index in [-0.39, 0.29) is 41.3 Å². The summed E-state index contributed by atoms with van der Waals surface area (Å²) in [6.45, 7) is 4.37. The minimum Gasteiger partial charge on any atom is -0.392 e. The fraction of sp³-hybridized carbons (Fsp3) is 0.562. The molecule has 2 unspecified atom stereocenters. The summed E-state index contributed by atoms with van der Waals surface area (Å²) in [5.41, 5.74) is 1.01. The van der Waals surface area contributed by atoms with E-state index in [1.54, 1.807) is 17.6 Å². The van der Waals surface area contributed by atoms with E-state index in [0.717, 1.165) is 12.1 Å². The van der Waals surface area contributed by atoms with Gasteiger partial charge in [0, 0.05) is 38.2 Å². The highest BCUT2D eigenvalue weighted by molar-refractivity contribution is 5.95. The molecule has 2 atom stereocenters. The molecule has 1 N–H and O–H groups in total. The summed E-state index contributed by atoms with van der Waals surface area (Å²) in [5, 5.41) is 9.49. The maximum absolute atomic E-state index is 12.6. The van der Waals surface area contributed by atoms with Gasteiger partial charge in [-0.15, -0.1) is 0 Å². The second-order valence-corrected chi connectivity index (χ2v) is 6.32. The van der Waals surface area contributed by atoms with Gasteiger partial charge >= 0.3 is 0 Å². The van der Waals surface area contributed by atoms with E-state index in [4.69, 9.17) is 0 Å². The van der Waals surface area contributed by atoms with Crippen LogP contribution >= 0.6 is 0 Å². The standard InChI is InChI=1S/C16H20N2O4/c1-9(20)15-13(8-19)4-14-12-3-11(6-18(14)16(15)22)5-17(7-12)10(2)21/h4,11-12,19H,3,5-8H2,1-2H3. The second-order valence-electron chi connectivity index (χ2n) is 6.32. The third kappa shape index (κ3) is 2.27. The Hall–Kier alpha value is -1.95. The summed E-state index contributed by atoms with van der Waals surface area (Å²) < 4.78 is 1.67. The number of aromatic nitrogens is 1. The van der Waals surface area contributed by atoms with Gasteiger partial charge in [-0.2, -0.15) is 0 Å². The summed E-state index contributed by atoms with van der Waals surface area (Å²) in [4.78, 5) is 37.8. The summed E-state index contributed by atoms with van der Waals surface area (Å²) in [6.07, 6.45) is 0.938. The molecule has 2 bridgehead atoms. The summed E-state index contributed by atoms with van der Waals surface area (Å²) in [7, 11) is 0. The van der Waals surface area contributed by atoms with Crippen molar-refractivity contribution >= 4 is 11.7 Å². The van der Waals surface area contributed by atoms with Crippen molar-refractivity contribution < 1.29 is 14.7 Å². The molecule has 1 amide bonds. The van der Waals surface area contributed by atoms with E-state index in [1.807, 2.05) is 4.90 Å². The Labute approximate surface area is 128 Å². The monoisotopic (exact) mass is 304 g/mol. The molecule has 3 heterocycles. The molecule has 3 rings (SSSR count). The first kappa shape index (κ1) is 15.0. The highest BCUT2D eigenvalue weighted by atomic mass is 16.3. The van der Waals surface area contributed by atoms with Crippen molar-refractivity contribution in [3.63, 3.8) is 0 Å². The van der Waals surface area contributed by atoms with E-state index in [0.29, 0.717) is 25.2 Å². The van der Waals surface area contributed by atoms with Gasteiger partial charge < -0.3 is 14.6 Å². The van der Waals surface area contributed by atoms with Crippen molar-refractivity contribution in [2.24, 2.45) is 5.92 Å². The predicted molar refractivity (Wildman–Crippen MR) is 79.7 cm³/mol. The van der Waals surface area contributed by atoms with Gasteiger partial charge in [-0.1, -0.05) is 0 Å². The van der Waals surface area contributed by atoms with Crippen molar-refractivity contribution in [3.05, 3.63) is 33.2 Å². The van der Waals surface area contributed by atoms with E-state index in [1.165, 1.54) is 6.92 Å². The molecule has 2 aliphatic rings. The zero-order valence-corrected chi connectivity index (χ0v) is 12.8. The number of hydrogen-bond donors (Lipinski definition) is 1. The highest BCUT2D eigenvalue weighted by Crippen LogP contribution is 2.35. The first-order valence-corrected chi connectivity index (χ1v) is 7.56. The number of nitrogens with zero attached hydrogens (tertiary/aromatic N) is 2. The van der Waals surface area contributed by atoms with Crippen molar-refractivity contribution in [2.75, 3.05) is 13.1 Å². The van der Waals surface area contributed by atoms with Crippen LogP contribution in [-0.2, 0) is 17.9 Å². The zero-order valence-electron chi connectivity index (χ0n) is 12.8. The molecule has 0 saturated carbocycles. The molecule has 6 nitrogen and oxygen atoms in total. The van der Waals surface area contributed by atoms with Gasteiger partial charge in [0.15, 0.2) is 5.78 Å². The van der Waals surface area contributed by atoms with Crippen LogP contribution in [0, 0.1) is 5.92 Å². The van der Waals surface area contributed by atoms with E-state index in [9.17, 15) is 19.5 Å². The number of carbonyl (C=O) groups excluding carboxylic acids is 2. The largest absolute Gasteiger partial charge is 0.392 e. The molecule has 1 saturated heterocycles. The summed E-state index contributed by atoms with van der Waals surface area (Å²) >= 11 is 0. The Balaban J connectivity index is 2.12. The number of aliphatic hydroxyl groups excluding tert-OH is 1. The maximum Gasteiger partial charge on any atom is 0.262 e. The van der Waals surface area contributed by atoms with Crippen LogP contribution in [0.25, 0.3) is 0 Å². The fourth-order valence-corrected chi connectivity index (χ4v) is 3.81. The molecule has 0 spiro atoms. The first-order valence-electron chi connectivity index (χ1n) is 7.56. The van der Waals surface area contributed by atoms with Crippen molar-refractivity contribution in [1.29, 1.82) is 0 Å². The molecule has 1 aromatic heterocycles. The summed E-state index contributed by atoms with van der Waals surface area (Å²) in [5.74, 6) is 0.0710. The van der Waals surface area contributed by atoms with E-state index < -0.39 is 0 Å². The minimum absolute atomic E-state index is 0.0493. The van der Waals surface area contributed by atoms with Gasteiger partial charge in [0.2, 0.25) is 5.91 Å². The van der Waals surface area contributed by atoms with Gasteiger partial charge in [0.1, 0.15) is 0 Å². The van der Waals surface area contributed by atoms with Gasteiger partial charge in [-0.05, 0) is 30.9 Å². The lowest BCUT2D eigenvalue weighted by Crippen LogP contribution is -2.49. The molecule has 0 aromatic carbocycles. The normalized spacial score (nSPS) is 23.1. The van der Waals surface area contributed by atoms with Crippen molar-refractivity contribution in [3.8, 4) is 0 Å². The molecule has 1 aromatic rings. The summed E-state index contributed by atoms with van der Waals surface area (Å²) in [6, 6.07) is 1.77. The van der Waals surface area contributed by atoms with E-state index in [2.05, 4.69) is 0 Å². The highest BCUT2D eigenvalue weighted by Gasteiger charge is 2.36. The number of aliphatic hydroxyl groups is 1. The number of carbonyl (C=O) groups is 2. The molecule has 6 heteroatoms. The third-order valence-electron chi connectivity index (χ3n) is 4.78. The molecule has 0 aliphatic carbocycles. The number of rotatable bonds is 2. The van der Waals surface area contributed by atoms with Crippen LogP contribution in [0.15, 0.2) is 10.9 Å². The molecular formula is C16H20N2O4. The topological polar surface area (TPSA) is 79.6 Å². The number of amides is 1. The minimum atomic E-state index is -0.329. The number of Topliss-reactive ketones (excluding diaryl/α,β-unsaturated/α-hetero) is 1. The number of piperidine rings is 1. The molecular weight excluding hydrogens is 284 g/mol. The lowest BCUT2D eigenvalue weighted by atomic mass is 9.82. The maximum atomic E-state index is 12.6. The lowest BCUT2D eigenvalue weighted by molar-refractivity contribution is -0.131. The molecule has 0 radical (unpaired) electrons. The fourth-order valence-electron chi connectivity index (χ4n) is 3.81. The average Bonchev–Trinajstić information content (AvgIpc) is 2.47. The third-order valence-corrected chi connectivity index (χ3v) is 4.78. The Morgan fingerprint density at radius 1 is 1.27 bits per heavy atom. The first-order chi connectivity index (χ1) is 10.4. The van der Waals surface area contributed by atoms with Gasteiger partial charge in [0.05, 0.1) is 12.2 Å². The second kappa shape index (κ2) is 5.35. The molecule has 2 aliphatic heterocycles. The van der Waals surface area contributed by atoms with Gasteiger partial charge in [0.25, 0.3) is 5.56 Å². The number of fused-ring (bicyclic) bond motifs is 4. The van der Waals surface area contributed by atoms with Gasteiger partial charge in [-0.25, -0.2) is 0 Å². The van der Waals surface area contributed by atoms with Crippen LogP contribution in [0.5, 0.6) is 0 Å². The van der Waals surface area contributed by atoms with Crippen LogP contribution in [0.4, 0.5) is 0 Å². The van der Waals surface area contributed by atoms with Crippen LogP contribution in [0.2, 0.25) is 0 Å². The zero-order chi connectivity index (χ0) is 16.0. The molecule has 22 heavy (non-hydrogen) atoms. The number of pyridine rings is 1. The Kier molecular flexibility index (Phi) is 3.64. The van der Waals surface area contributed by atoms with Crippen LogP contribution in [0.3, 0.4) is 0 Å². The SMILES string of the molecule is CC(=O)c1c(CO)cc2n(c1=O)CC1CC2CN(C(C)=O)C1. The van der Waals surface area contributed by atoms with E-state index >= 15 is 0 Å². The lowest BCUT2D eigenvalue weighted by Gasteiger charge is -2.42. The Morgan fingerprint density at radius 3 is 2.59 bits per heavy atom. The number of likely N-dealkylation sites (tertiary alicyclic amines) is 1. The molecule has 118 valence electrons. The van der Waals surface area contributed by atoms with Crippen molar-refractivity contribution in [1.82, 2.24) is 9.47 Å². The quantitative estimate of drug-likeness (QED) is 0.807. The Bertz CT molecular complexity index is 707. The Morgan fingerprint density at radius 2 is 2.00 bits per heavy atom. The van der Waals surface area contributed by atoms with Crippen molar-refractivity contribution in [2.45, 2.75) is 39.3 Å².